The highest BCUT2D eigenvalue weighted by Crippen LogP contribution is 2.32. The number of amides is 1. The molecule has 0 saturated carbocycles. The average molecular weight is 364 g/mol. The van der Waals surface area contributed by atoms with Crippen LogP contribution in [-0.4, -0.2) is 28.0 Å². The predicted octanol–water partition coefficient (Wildman–Crippen LogP) is 1.56. The fourth-order valence-corrected chi connectivity index (χ4v) is 3.07. The topological polar surface area (TPSA) is 103 Å². The van der Waals surface area contributed by atoms with E-state index in [0.717, 1.165) is 10.0 Å². The molecular formula is C14H14BrN5O2. The number of aromatic nitrogens is 3. The zero-order valence-corrected chi connectivity index (χ0v) is 13.6. The molecule has 1 aliphatic rings. The molecular weight excluding hydrogens is 350 g/mol. The summed E-state index contributed by atoms with van der Waals surface area (Å²) >= 11 is 3.46. The van der Waals surface area contributed by atoms with Crippen molar-refractivity contribution in [3.8, 4) is 5.88 Å². The van der Waals surface area contributed by atoms with Crippen molar-refractivity contribution in [2.45, 2.75) is 19.4 Å². The Bertz CT molecular complexity index is 765. The minimum absolute atomic E-state index is 0.177. The van der Waals surface area contributed by atoms with Gasteiger partial charge in [-0.3, -0.25) is 4.79 Å². The Morgan fingerprint density at radius 2 is 2.23 bits per heavy atom. The number of halogens is 1. The number of fused-ring (bicyclic) bond motifs is 1. The Balaban J connectivity index is 2.04. The quantitative estimate of drug-likeness (QED) is 0.838. The number of nitrogens with one attached hydrogen (secondary N) is 1. The minimum Gasteiger partial charge on any atom is -0.481 e. The first-order chi connectivity index (χ1) is 10.5. The van der Waals surface area contributed by atoms with Crippen molar-refractivity contribution in [2.24, 2.45) is 0 Å². The molecule has 7 nitrogen and oxygen atoms in total. The second kappa shape index (κ2) is 5.53. The molecule has 1 aliphatic heterocycles. The van der Waals surface area contributed by atoms with Gasteiger partial charge in [-0.05, 0) is 28.4 Å². The lowest BCUT2D eigenvalue weighted by molar-refractivity contribution is 0.0922. The molecule has 3 heterocycles. The van der Waals surface area contributed by atoms with E-state index < -0.39 is 0 Å². The van der Waals surface area contributed by atoms with Gasteiger partial charge < -0.3 is 15.8 Å². The fourth-order valence-electron chi connectivity index (χ4n) is 2.57. The first-order valence-corrected chi connectivity index (χ1v) is 7.42. The molecule has 0 radical (unpaired) electrons. The Kier molecular flexibility index (Phi) is 3.69. The van der Waals surface area contributed by atoms with Crippen molar-refractivity contribution in [1.82, 2.24) is 20.3 Å². The maximum atomic E-state index is 12.4. The number of hydrogen-bond donors (Lipinski definition) is 2. The van der Waals surface area contributed by atoms with Crippen LogP contribution < -0.4 is 15.8 Å². The number of nitrogens with zero attached hydrogens (tertiary/aromatic N) is 3. The molecule has 1 atom stereocenters. The molecule has 0 fully saturated rings. The van der Waals surface area contributed by atoms with Crippen molar-refractivity contribution in [1.29, 1.82) is 0 Å². The van der Waals surface area contributed by atoms with Gasteiger partial charge in [0.25, 0.3) is 5.91 Å². The highest BCUT2D eigenvalue weighted by molar-refractivity contribution is 9.10. The third kappa shape index (κ3) is 2.50. The van der Waals surface area contributed by atoms with Crippen LogP contribution in [0.4, 0.5) is 5.95 Å². The van der Waals surface area contributed by atoms with Crippen LogP contribution in [0.3, 0.4) is 0 Å². The average Bonchev–Trinajstić information content (AvgIpc) is 2.46. The lowest BCUT2D eigenvalue weighted by Crippen LogP contribution is -2.37. The molecule has 0 spiro atoms. The molecule has 2 aromatic heterocycles. The van der Waals surface area contributed by atoms with E-state index >= 15 is 0 Å². The number of carbonyl (C=O) groups excluding carboxylic acids is 1. The molecule has 0 unspecified atom stereocenters. The summed E-state index contributed by atoms with van der Waals surface area (Å²) in [6, 6.07) is 1.55. The zero-order valence-electron chi connectivity index (χ0n) is 12.1. The number of rotatable bonds is 2. The number of pyridine rings is 1. The monoisotopic (exact) mass is 363 g/mol. The summed E-state index contributed by atoms with van der Waals surface area (Å²) in [6.45, 7) is 1.75. The third-order valence-corrected chi connectivity index (χ3v) is 4.22. The van der Waals surface area contributed by atoms with Gasteiger partial charge in [0.05, 0.1) is 30.1 Å². The summed E-state index contributed by atoms with van der Waals surface area (Å²) in [4.78, 5) is 24.8. The molecule has 22 heavy (non-hydrogen) atoms. The molecule has 2 aromatic rings. The molecule has 0 bridgehead atoms. The van der Waals surface area contributed by atoms with Crippen molar-refractivity contribution in [3.05, 3.63) is 39.3 Å². The third-order valence-electron chi connectivity index (χ3n) is 3.56. The zero-order chi connectivity index (χ0) is 15.9. The first kappa shape index (κ1) is 14.7. The van der Waals surface area contributed by atoms with Crippen LogP contribution in [0.5, 0.6) is 5.88 Å². The smallest absolute Gasteiger partial charge is 0.255 e. The summed E-state index contributed by atoms with van der Waals surface area (Å²) in [7, 11) is 1.55. The fraction of sp³-hybridized carbons (Fsp3) is 0.286. The van der Waals surface area contributed by atoms with Crippen molar-refractivity contribution < 1.29 is 9.53 Å². The Morgan fingerprint density at radius 1 is 1.45 bits per heavy atom. The SMILES string of the molecule is COc1cc([C@H]2Cc3nc(N)nc(C)c3C(=O)N2)c(Br)cn1. The van der Waals surface area contributed by atoms with Crippen LogP contribution in [-0.2, 0) is 6.42 Å². The van der Waals surface area contributed by atoms with Gasteiger partial charge in [-0.2, -0.15) is 0 Å². The van der Waals surface area contributed by atoms with Crippen molar-refractivity contribution in [2.75, 3.05) is 12.8 Å². The van der Waals surface area contributed by atoms with E-state index in [4.69, 9.17) is 10.5 Å². The van der Waals surface area contributed by atoms with Gasteiger partial charge in [0.1, 0.15) is 0 Å². The molecule has 0 saturated heterocycles. The van der Waals surface area contributed by atoms with E-state index in [0.29, 0.717) is 29.3 Å². The van der Waals surface area contributed by atoms with Gasteiger partial charge >= 0.3 is 0 Å². The second-order valence-corrected chi connectivity index (χ2v) is 5.82. The first-order valence-electron chi connectivity index (χ1n) is 6.63. The molecule has 1 amide bonds. The van der Waals surface area contributed by atoms with Crippen LogP contribution in [0.1, 0.15) is 33.4 Å². The number of hydrogen-bond acceptors (Lipinski definition) is 6. The molecule has 0 aliphatic carbocycles. The summed E-state index contributed by atoms with van der Waals surface area (Å²) in [5, 5.41) is 2.97. The normalized spacial score (nSPS) is 16.9. The molecule has 8 heteroatoms. The summed E-state index contributed by atoms with van der Waals surface area (Å²) in [5.74, 6) is 0.458. The van der Waals surface area contributed by atoms with Gasteiger partial charge in [0, 0.05) is 23.2 Å². The van der Waals surface area contributed by atoms with Gasteiger partial charge in [-0.25, -0.2) is 15.0 Å². The summed E-state index contributed by atoms with van der Waals surface area (Å²) in [5.41, 5.74) is 8.31. The second-order valence-electron chi connectivity index (χ2n) is 4.97. The number of anilines is 1. The van der Waals surface area contributed by atoms with Crippen LogP contribution in [0.15, 0.2) is 16.7 Å². The highest BCUT2D eigenvalue weighted by Gasteiger charge is 2.30. The summed E-state index contributed by atoms with van der Waals surface area (Å²) < 4.78 is 5.94. The van der Waals surface area contributed by atoms with Crippen LogP contribution in [0.2, 0.25) is 0 Å². The maximum Gasteiger partial charge on any atom is 0.255 e. The number of ether oxygens (including phenoxy) is 1. The van der Waals surface area contributed by atoms with Crippen molar-refractivity contribution in [3.63, 3.8) is 0 Å². The largest absolute Gasteiger partial charge is 0.481 e. The predicted molar refractivity (Wildman–Crippen MR) is 83.6 cm³/mol. The number of nitrogen functional groups attached to an aromatic ring is 1. The molecule has 114 valence electrons. The number of methoxy groups -OCH3 is 1. The van der Waals surface area contributed by atoms with E-state index in [2.05, 4.69) is 36.2 Å². The lowest BCUT2D eigenvalue weighted by atomic mass is 9.94. The van der Waals surface area contributed by atoms with Gasteiger partial charge in [-0.15, -0.1) is 0 Å². The van der Waals surface area contributed by atoms with E-state index in [1.54, 1.807) is 26.3 Å². The van der Waals surface area contributed by atoms with Crippen LogP contribution in [0.25, 0.3) is 0 Å². The number of nitrogens with two attached hydrogens (primary N) is 1. The molecule has 0 aromatic carbocycles. The van der Waals surface area contributed by atoms with E-state index in [1.807, 2.05) is 0 Å². The standard InChI is InChI=1S/C14H14BrN5O2/c1-6-12-10(20-14(16)18-6)4-9(19-13(12)21)7-3-11(22-2)17-5-8(7)15/h3,5,9H,4H2,1-2H3,(H,19,21)(H2,16,18,20)/t9-/m1/s1. The van der Waals surface area contributed by atoms with E-state index in [9.17, 15) is 4.79 Å². The van der Waals surface area contributed by atoms with E-state index in [1.165, 1.54) is 0 Å². The number of aryl methyl sites for hydroxylation is 1. The maximum absolute atomic E-state index is 12.4. The van der Waals surface area contributed by atoms with Gasteiger partial charge in [0.2, 0.25) is 11.8 Å². The van der Waals surface area contributed by atoms with Gasteiger partial charge in [-0.1, -0.05) is 0 Å². The molecule has 3 rings (SSSR count). The Morgan fingerprint density at radius 3 is 2.95 bits per heavy atom. The molecule has 3 N–H and O–H groups in total. The Labute approximate surface area is 135 Å². The van der Waals surface area contributed by atoms with Crippen molar-refractivity contribution >= 4 is 27.8 Å². The van der Waals surface area contributed by atoms with E-state index in [-0.39, 0.29) is 17.9 Å². The Hall–Kier alpha value is -2.22. The summed E-state index contributed by atoms with van der Waals surface area (Å²) in [6.07, 6.45) is 2.18. The van der Waals surface area contributed by atoms with Gasteiger partial charge in [0.15, 0.2) is 0 Å². The van der Waals surface area contributed by atoms with Crippen LogP contribution in [0, 0.1) is 6.92 Å². The lowest BCUT2D eigenvalue weighted by Gasteiger charge is -2.26. The van der Waals surface area contributed by atoms with Crippen LogP contribution >= 0.6 is 15.9 Å². The highest BCUT2D eigenvalue weighted by atomic mass is 79.9. The minimum atomic E-state index is -0.236. The number of carbonyl (C=O) groups is 1.